The molecule has 2 aliphatic rings. The molecule has 3 aromatic carbocycles. The van der Waals surface area contributed by atoms with E-state index in [0.29, 0.717) is 39.8 Å². The molecule has 44 heavy (non-hydrogen) atoms. The fourth-order valence-electron chi connectivity index (χ4n) is 4.55. The number of nitrogens with one attached hydrogen (secondary N) is 2. The summed E-state index contributed by atoms with van der Waals surface area (Å²) in [6.45, 7) is 3.00. The van der Waals surface area contributed by atoms with Gasteiger partial charge in [-0.05, 0) is 46.5 Å². The summed E-state index contributed by atoms with van der Waals surface area (Å²) in [5, 5.41) is 8.24. The molecule has 2 aliphatic heterocycles. The third-order valence-electron chi connectivity index (χ3n) is 6.96. The van der Waals surface area contributed by atoms with Crippen molar-refractivity contribution in [2.45, 2.75) is 36.9 Å². The summed E-state index contributed by atoms with van der Waals surface area (Å²) in [4.78, 5) is 13.2. The average Bonchev–Trinajstić information content (AvgIpc) is 3.00. The van der Waals surface area contributed by atoms with Crippen molar-refractivity contribution >= 4 is 33.9 Å². The highest BCUT2D eigenvalue weighted by Crippen LogP contribution is 2.30. The first-order valence-corrected chi connectivity index (χ1v) is 15.7. The van der Waals surface area contributed by atoms with Crippen LogP contribution in [-0.2, 0) is 36.9 Å². The van der Waals surface area contributed by atoms with Crippen molar-refractivity contribution in [1.29, 1.82) is 0 Å². The fraction of sp³-hybridized carbons (Fsp3) is 0.333. The minimum absolute atomic E-state index is 0.454. The maximum Gasteiger partial charge on any atom is 0.416 e. The zero-order chi connectivity index (χ0) is 31.2. The summed E-state index contributed by atoms with van der Waals surface area (Å²) in [5.74, 6) is 1.45. The Morgan fingerprint density at radius 1 is 0.591 bits per heavy atom. The van der Waals surface area contributed by atoms with Gasteiger partial charge >= 0.3 is 12.4 Å². The van der Waals surface area contributed by atoms with Gasteiger partial charge < -0.3 is 10.6 Å². The molecule has 234 valence electrons. The Bertz CT molecular complexity index is 1350. The van der Waals surface area contributed by atoms with Crippen molar-refractivity contribution in [3.05, 3.63) is 106 Å². The van der Waals surface area contributed by atoms with E-state index >= 15 is 0 Å². The van der Waals surface area contributed by atoms with Gasteiger partial charge in [-0.2, -0.15) is 26.3 Å². The highest BCUT2D eigenvalue weighted by Gasteiger charge is 2.31. The molecular formula is C30H30F6N6S2. The quantitative estimate of drug-likeness (QED) is 0.257. The standard InChI is InChI=1S/C30H30F6N6S2/c31-29(32,33)25-9-5-21(6-10-25)13-41-17-37-27(38-18-41)43-15-23-3-1-2-4-24(23)16-44-28-39-19-42(20-40-28)14-22-7-11-26(12-8-22)30(34,35)36/h1-12H,13-20H2,(H,37,38)(H,39,40). The molecule has 0 atom stereocenters. The highest BCUT2D eigenvalue weighted by molar-refractivity contribution is 8.13. The second-order valence-corrected chi connectivity index (χ2v) is 12.2. The van der Waals surface area contributed by atoms with Gasteiger partial charge in [0.05, 0.1) is 37.8 Å². The molecule has 0 radical (unpaired) electrons. The Morgan fingerprint density at radius 2 is 0.977 bits per heavy atom. The number of hydrogen-bond donors (Lipinski definition) is 2. The molecule has 0 fully saturated rings. The molecule has 0 aromatic heterocycles. The molecule has 0 aliphatic carbocycles. The maximum absolute atomic E-state index is 12.8. The Labute approximate surface area is 260 Å². The predicted octanol–water partition coefficient (Wildman–Crippen LogP) is 6.94. The number of alkyl halides is 6. The van der Waals surface area contributed by atoms with Gasteiger partial charge in [0.25, 0.3) is 0 Å². The minimum atomic E-state index is -4.34. The number of thioether (sulfide) groups is 2. The smallest absolute Gasteiger partial charge is 0.352 e. The Kier molecular flexibility index (Phi) is 10.4. The van der Waals surface area contributed by atoms with E-state index in [2.05, 4.69) is 32.8 Å². The highest BCUT2D eigenvalue weighted by atomic mass is 32.2. The summed E-state index contributed by atoms with van der Waals surface area (Å²) in [7, 11) is 0. The fourth-order valence-corrected chi connectivity index (χ4v) is 6.33. The first kappa shape index (κ1) is 32.2. The number of benzene rings is 3. The number of rotatable bonds is 8. The van der Waals surface area contributed by atoms with Crippen LogP contribution in [0.25, 0.3) is 0 Å². The third-order valence-corrected chi connectivity index (χ3v) is 8.96. The monoisotopic (exact) mass is 652 g/mol. The molecule has 2 N–H and O–H groups in total. The third kappa shape index (κ3) is 9.16. The molecular weight excluding hydrogens is 622 g/mol. The van der Waals surface area contributed by atoms with Crippen LogP contribution in [0.15, 0.2) is 82.8 Å². The number of nitrogens with zero attached hydrogens (tertiary/aromatic N) is 4. The first-order chi connectivity index (χ1) is 21.0. The van der Waals surface area contributed by atoms with E-state index in [-0.39, 0.29) is 0 Å². The van der Waals surface area contributed by atoms with Crippen LogP contribution < -0.4 is 10.6 Å². The van der Waals surface area contributed by atoms with Crippen LogP contribution in [0.3, 0.4) is 0 Å². The average molecular weight is 653 g/mol. The maximum atomic E-state index is 12.8. The van der Waals surface area contributed by atoms with Crippen LogP contribution in [-0.4, -0.2) is 46.8 Å². The molecule has 0 spiro atoms. The van der Waals surface area contributed by atoms with Gasteiger partial charge in [0, 0.05) is 24.6 Å². The van der Waals surface area contributed by atoms with Gasteiger partial charge in [-0.25, -0.2) is 9.98 Å². The van der Waals surface area contributed by atoms with Crippen LogP contribution in [0.1, 0.15) is 33.4 Å². The molecule has 6 nitrogen and oxygen atoms in total. The van der Waals surface area contributed by atoms with E-state index in [4.69, 9.17) is 0 Å². The van der Waals surface area contributed by atoms with E-state index in [0.717, 1.165) is 57.2 Å². The second-order valence-electron chi connectivity index (χ2n) is 10.3. The van der Waals surface area contributed by atoms with Crippen LogP contribution >= 0.6 is 23.5 Å². The van der Waals surface area contributed by atoms with E-state index < -0.39 is 23.5 Å². The van der Waals surface area contributed by atoms with Gasteiger partial charge in [0.15, 0.2) is 10.3 Å². The lowest BCUT2D eigenvalue weighted by Crippen LogP contribution is -2.41. The summed E-state index contributed by atoms with van der Waals surface area (Å²) in [6.07, 6.45) is -8.68. The normalized spacial score (nSPS) is 16.6. The largest absolute Gasteiger partial charge is 0.416 e. The minimum Gasteiger partial charge on any atom is -0.352 e. The number of halogens is 6. The molecule has 0 saturated carbocycles. The summed E-state index contributed by atoms with van der Waals surface area (Å²) in [5.41, 5.74) is 2.64. The number of hydrogen-bond acceptors (Lipinski definition) is 8. The SMILES string of the molecule is FC(F)(F)c1ccc(CN2CN=C(SCc3ccccc3CSC3=NCN(Cc4ccc(C(F)(F)F)cc4)CN3)NC2)cc1. The Morgan fingerprint density at radius 3 is 1.30 bits per heavy atom. The van der Waals surface area contributed by atoms with Crippen molar-refractivity contribution in [2.75, 3.05) is 26.7 Å². The summed E-state index contributed by atoms with van der Waals surface area (Å²) in [6, 6.07) is 18.6. The lowest BCUT2D eigenvalue weighted by Gasteiger charge is -2.27. The number of aliphatic imine (C=N–C) groups is 2. The molecule has 0 unspecified atom stereocenters. The van der Waals surface area contributed by atoms with Gasteiger partial charge in [-0.1, -0.05) is 72.1 Å². The van der Waals surface area contributed by atoms with Crippen molar-refractivity contribution < 1.29 is 26.3 Å². The van der Waals surface area contributed by atoms with Crippen molar-refractivity contribution in [1.82, 2.24) is 20.4 Å². The van der Waals surface area contributed by atoms with E-state index in [1.807, 2.05) is 21.9 Å². The van der Waals surface area contributed by atoms with E-state index in [1.54, 1.807) is 23.5 Å². The molecule has 5 rings (SSSR count). The van der Waals surface area contributed by atoms with Gasteiger partial charge in [0.1, 0.15) is 0 Å². The molecule has 2 heterocycles. The first-order valence-electron chi connectivity index (χ1n) is 13.7. The van der Waals surface area contributed by atoms with Gasteiger partial charge in [-0.15, -0.1) is 0 Å². The van der Waals surface area contributed by atoms with E-state index in [9.17, 15) is 26.3 Å². The lowest BCUT2D eigenvalue weighted by atomic mass is 10.1. The molecule has 0 bridgehead atoms. The van der Waals surface area contributed by atoms with Gasteiger partial charge in [-0.3, -0.25) is 9.80 Å². The summed E-state index contributed by atoms with van der Waals surface area (Å²) >= 11 is 3.21. The van der Waals surface area contributed by atoms with E-state index in [1.165, 1.54) is 35.4 Å². The predicted molar refractivity (Wildman–Crippen MR) is 164 cm³/mol. The van der Waals surface area contributed by atoms with Crippen LogP contribution in [0, 0.1) is 0 Å². The Balaban J connectivity index is 1.06. The van der Waals surface area contributed by atoms with Crippen LogP contribution in [0.5, 0.6) is 0 Å². The molecule has 0 saturated heterocycles. The van der Waals surface area contributed by atoms with Gasteiger partial charge in [0.2, 0.25) is 0 Å². The molecule has 14 heteroatoms. The lowest BCUT2D eigenvalue weighted by molar-refractivity contribution is -0.138. The number of amidine groups is 2. The van der Waals surface area contributed by atoms with Crippen molar-refractivity contribution in [3.63, 3.8) is 0 Å². The zero-order valence-corrected chi connectivity index (χ0v) is 25.1. The molecule has 3 aromatic rings. The molecule has 0 amide bonds. The second kappa shape index (κ2) is 14.3. The topological polar surface area (TPSA) is 55.3 Å². The summed E-state index contributed by atoms with van der Waals surface area (Å²) < 4.78 is 76.8. The van der Waals surface area contributed by atoms with Crippen molar-refractivity contribution in [3.8, 4) is 0 Å². The van der Waals surface area contributed by atoms with Crippen LogP contribution in [0.2, 0.25) is 0 Å². The van der Waals surface area contributed by atoms with Crippen LogP contribution in [0.4, 0.5) is 26.3 Å². The Hall–Kier alpha value is -3.20. The van der Waals surface area contributed by atoms with Crippen molar-refractivity contribution in [2.24, 2.45) is 9.98 Å². The zero-order valence-electron chi connectivity index (χ0n) is 23.5.